The molecule has 88 valence electrons. The fourth-order valence-electron chi connectivity index (χ4n) is 1.15. The molecule has 0 aliphatic carbocycles. The van der Waals surface area contributed by atoms with E-state index in [1.807, 2.05) is 6.92 Å². The van der Waals surface area contributed by atoms with Gasteiger partial charge in [-0.15, -0.1) is 0 Å². The summed E-state index contributed by atoms with van der Waals surface area (Å²) in [4.78, 5) is 21.5. The number of Topliss-reactive ketones (excluding diaryl/α,β-unsaturated/α-hetero) is 1. The molecule has 1 atom stereocenters. The summed E-state index contributed by atoms with van der Waals surface area (Å²) in [6, 6.07) is 0. The van der Waals surface area contributed by atoms with Gasteiger partial charge in [-0.2, -0.15) is 0 Å². The number of carbonyl (C=O) groups excluding carboxylic acids is 2. The van der Waals surface area contributed by atoms with Gasteiger partial charge in [0.15, 0.2) is 0 Å². The SMILES string of the molecule is CCCC(C)OCCOC(=O)CC(C)=O. The number of hydrogen-bond acceptors (Lipinski definition) is 4. The van der Waals surface area contributed by atoms with Crippen molar-refractivity contribution in [1.29, 1.82) is 0 Å². The molecule has 0 saturated heterocycles. The minimum absolute atomic E-state index is 0.148. The van der Waals surface area contributed by atoms with E-state index in [2.05, 4.69) is 6.92 Å². The zero-order valence-electron chi connectivity index (χ0n) is 9.75. The second kappa shape index (κ2) is 8.41. The van der Waals surface area contributed by atoms with E-state index < -0.39 is 5.97 Å². The fraction of sp³-hybridized carbons (Fsp3) is 0.818. The van der Waals surface area contributed by atoms with Crippen LogP contribution in [0.3, 0.4) is 0 Å². The highest BCUT2D eigenvalue weighted by Crippen LogP contribution is 2.00. The molecule has 0 fully saturated rings. The van der Waals surface area contributed by atoms with Crippen LogP contribution in [0.25, 0.3) is 0 Å². The molecule has 0 saturated carbocycles. The molecule has 0 aromatic carbocycles. The summed E-state index contributed by atoms with van der Waals surface area (Å²) >= 11 is 0. The number of ether oxygens (including phenoxy) is 2. The lowest BCUT2D eigenvalue weighted by molar-refractivity contribution is -0.147. The fourth-order valence-corrected chi connectivity index (χ4v) is 1.15. The summed E-state index contributed by atoms with van der Waals surface area (Å²) in [5, 5.41) is 0. The molecule has 0 N–H and O–H groups in total. The van der Waals surface area contributed by atoms with Crippen LogP contribution in [0.4, 0.5) is 0 Å². The van der Waals surface area contributed by atoms with Gasteiger partial charge in [0.25, 0.3) is 0 Å². The van der Waals surface area contributed by atoms with Gasteiger partial charge in [-0.25, -0.2) is 0 Å². The minimum atomic E-state index is -0.478. The van der Waals surface area contributed by atoms with Gasteiger partial charge in [-0.05, 0) is 20.3 Å². The van der Waals surface area contributed by atoms with E-state index in [4.69, 9.17) is 9.47 Å². The summed E-state index contributed by atoms with van der Waals surface area (Å²) in [7, 11) is 0. The molecule has 4 nitrogen and oxygen atoms in total. The van der Waals surface area contributed by atoms with E-state index in [-0.39, 0.29) is 24.9 Å². The van der Waals surface area contributed by atoms with Crippen LogP contribution in [0.1, 0.15) is 40.0 Å². The van der Waals surface area contributed by atoms with Crippen LogP contribution in [0.5, 0.6) is 0 Å². The Morgan fingerprint density at radius 3 is 2.47 bits per heavy atom. The normalized spacial score (nSPS) is 12.2. The van der Waals surface area contributed by atoms with Crippen LogP contribution in [0, 0.1) is 0 Å². The summed E-state index contributed by atoms with van der Waals surface area (Å²) < 4.78 is 10.2. The molecule has 0 radical (unpaired) electrons. The van der Waals surface area contributed by atoms with Crippen molar-refractivity contribution < 1.29 is 19.1 Å². The lowest BCUT2D eigenvalue weighted by atomic mass is 10.2. The van der Waals surface area contributed by atoms with Crippen LogP contribution in [-0.4, -0.2) is 31.1 Å². The Bertz CT molecular complexity index is 201. The van der Waals surface area contributed by atoms with Crippen molar-refractivity contribution in [3.8, 4) is 0 Å². The quantitative estimate of drug-likeness (QED) is 0.352. The first-order valence-corrected chi connectivity index (χ1v) is 5.33. The van der Waals surface area contributed by atoms with Crippen LogP contribution in [-0.2, 0) is 19.1 Å². The van der Waals surface area contributed by atoms with Gasteiger partial charge in [-0.1, -0.05) is 13.3 Å². The number of rotatable bonds is 8. The van der Waals surface area contributed by atoms with Crippen LogP contribution >= 0.6 is 0 Å². The predicted octanol–water partition coefficient (Wildman–Crippen LogP) is 1.71. The maximum atomic E-state index is 10.9. The molecule has 0 spiro atoms. The molecule has 0 aromatic rings. The summed E-state index contributed by atoms with van der Waals surface area (Å²) in [6.45, 7) is 6.06. The third-order valence-corrected chi connectivity index (χ3v) is 1.84. The van der Waals surface area contributed by atoms with E-state index in [0.29, 0.717) is 6.61 Å². The predicted molar refractivity (Wildman–Crippen MR) is 56.6 cm³/mol. The van der Waals surface area contributed by atoms with Gasteiger partial charge < -0.3 is 9.47 Å². The molecule has 0 heterocycles. The van der Waals surface area contributed by atoms with Gasteiger partial charge in [-0.3, -0.25) is 9.59 Å². The zero-order valence-corrected chi connectivity index (χ0v) is 9.75. The first kappa shape index (κ1) is 14.1. The van der Waals surface area contributed by atoms with Crippen molar-refractivity contribution in [3.63, 3.8) is 0 Å². The lowest BCUT2D eigenvalue weighted by Gasteiger charge is -2.11. The molecule has 4 heteroatoms. The number of esters is 1. The van der Waals surface area contributed by atoms with Gasteiger partial charge >= 0.3 is 5.97 Å². The molecule has 15 heavy (non-hydrogen) atoms. The van der Waals surface area contributed by atoms with Crippen molar-refractivity contribution in [2.75, 3.05) is 13.2 Å². The van der Waals surface area contributed by atoms with Crippen molar-refractivity contribution in [2.24, 2.45) is 0 Å². The maximum Gasteiger partial charge on any atom is 0.313 e. The summed E-state index contributed by atoms with van der Waals surface area (Å²) in [5.74, 6) is -0.658. The molecular formula is C11H20O4. The van der Waals surface area contributed by atoms with Crippen molar-refractivity contribution in [1.82, 2.24) is 0 Å². The summed E-state index contributed by atoms with van der Waals surface area (Å²) in [6.07, 6.45) is 2.12. The Morgan fingerprint density at radius 1 is 1.27 bits per heavy atom. The van der Waals surface area contributed by atoms with Gasteiger partial charge in [0.2, 0.25) is 0 Å². The Labute approximate surface area is 90.9 Å². The van der Waals surface area contributed by atoms with Crippen molar-refractivity contribution in [3.05, 3.63) is 0 Å². The zero-order chi connectivity index (χ0) is 11.7. The Hall–Kier alpha value is -0.900. The minimum Gasteiger partial charge on any atom is -0.463 e. The standard InChI is InChI=1S/C11H20O4/c1-4-5-10(3)14-6-7-15-11(13)8-9(2)12/h10H,4-8H2,1-3H3. The highest BCUT2D eigenvalue weighted by atomic mass is 16.6. The molecule has 0 aliphatic rings. The molecule has 0 rings (SSSR count). The van der Waals surface area contributed by atoms with E-state index in [1.165, 1.54) is 6.92 Å². The average Bonchev–Trinajstić information content (AvgIpc) is 2.12. The van der Waals surface area contributed by atoms with E-state index in [1.54, 1.807) is 0 Å². The van der Waals surface area contributed by atoms with E-state index >= 15 is 0 Å². The summed E-state index contributed by atoms with van der Waals surface area (Å²) in [5.41, 5.74) is 0. The molecule has 0 amide bonds. The lowest BCUT2D eigenvalue weighted by Crippen LogP contribution is -2.16. The monoisotopic (exact) mass is 216 g/mol. The topological polar surface area (TPSA) is 52.6 Å². The number of carbonyl (C=O) groups is 2. The molecule has 1 unspecified atom stereocenters. The van der Waals surface area contributed by atoms with Gasteiger partial charge in [0.1, 0.15) is 18.8 Å². The highest BCUT2D eigenvalue weighted by Gasteiger charge is 2.06. The van der Waals surface area contributed by atoms with Gasteiger partial charge in [0.05, 0.1) is 12.7 Å². The van der Waals surface area contributed by atoms with Crippen molar-refractivity contribution in [2.45, 2.75) is 46.1 Å². The average molecular weight is 216 g/mol. The first-order valence-electron chi connectivity index (χ1n) is 5.33. The maximum absolute atomic E-state index is 10.9. The first-order chi connectivity index (χ1) is 7.06. The Balaban J connectivity index is 3.38. The Morgan fingerprint density at radius 2 is 1.93 bits per heavy atom. The molecule has 0 aromatic heterocycles. The van der Waals surface area contributed by atoms with E-state index in [9.17, 15) is 9.59 Å². The molecule has 0 aliphatic heterocycles. The third-order valence-electron chi connectivity index (χ3n) is 1.84. The largest absolute Gasteiger partial charge is 0.463 e. The Kier molecular flexibility index (Phi) is 7.91. The van der Waals surface area contributed by atoms with Crippen molar-refractivity contribution >= 4 is 11.8 Å². The smallest absolute Gasteiger partial charge is 0.313 e. The van der Waals surface area contributed by atoms with Crippen LogP contribution < -0.4 is 0 Å². The van der Waals surface area contributed by atoms with Crippen LogP contribution in [0.2, 0.25) is 0 Å². The number of hydrogen-bond donors (Lipinski definition) is 0. The highest BCUT2D eigenvalue weighted by molar-refractivity contribution is 5.94. The van der Waals surface area contributed by atoms with Gasteiger partial charge in [0, 0.05) is 0 Å². The van der Waals surface area contributed by atoms with E-state index in [0.717, 1.165) is 12.8 Å². The number of ketones is 1. The third kappa shape index (κ3) is 9.41. The molecular weight excluding hydrogens is 196 g/mol. The second-order valence-corrected chi connectivity index (χ2v) is 3.57. The molecule has 0 bridgehead atoms. The van der Waals surface area contributed by atoms with Crippen LogP contribution in [0.15, 0.2) is 0 Å². The second-order valence-electron chi connectivity index (χ2n) is 3.57.